The largest absolute Gasteiger partial charge is 0.259 e. The molecule has 0 heterocycles. The molecule has 88 valence electrons. The summed E-state index contributed by atoms with van der Waals surface area (Å²) in [6.45, 7) is 3.76. The fraction of sp³-hybridized carbons (Fsp3) is 0.286. The van der Waals surface area contributed by atoms with E-state index in [2.05, 4.69) is 6.08 Å². The van der Waals surface area contributed by atoms with Crippen molar-refractivity contribution >= 4 is 0 Å². The van der Waals surface area contributed by atoms with Crippen molar-refractivity contribution in [1.29, 1.82) is 0 Å². The van der Waals surface area contributed by atoms with Crippen LogP contribution in [0.3, 0.4) is 0 Å². The summed E-state index contributed by atoms with van der Waals surface area (Å²) in [7, 11) is 0. The summed E-state index contributed by atoms with van der Waals surface area (Å²) < 4.78 is 0. The maximum absolute atomic E-state index is 11.2. The van der Waals surface area contributed by atoms with Gasteiger partial charge in [-0.15, -0.1) is 0 Å². The van der Waals surface area contributed by atoms with E-state index < -0.39 is 0 Å². The quantitative estimate of drug-likeness (QED) is 0.573. The second-order valence-electron chi connectivity index (χ2n) is 4.35. The molecule has 0 saturated carbocycles. The van der Waals surface area contributed by atoms with Gasteiger partial charge in [-0.1, -0.05) is 36.4 Å². The number of hydrogen-bond acceptors (Lipinski definition) is 2. The highest BCUT2D eigenvalue weighted by molar-refractivity contribution is 5.40. The molecular formula is C14H15NO2. The predicted molar refractivity (Wildman–Crippen MR) is 67.3 cm³/mol. The van der Waals surface area contributed by atoms with Gasteiger partial charge < -0.3 is 0 Å². The number of hydrogen-bond donors (Lipinski definition) is 0. The highest BCUT2D eigenvalue weighted by atomic mass is 16.6. The van der Waals surface area contributed by atoms with Crippen LogP contribution >= 0.6 is 0 Å². The molecule has 0 bridgehead atoms. The van der Waals surface area contributed by atoms with Gasteiger partial charge in [0.05, 0.1) is 10.8 Å². The van der Waals surface area contributed by atoms with Crippen LogP contribution in [0.1, 0.15) is 31.7 Å². The van der Waals surface area contributed by atoms with E-state index in [1.165, 1.54) is 0 Å². The smallest absolute Gasteiger partial charge is 0.257 e. The van der Waals surface area contributed by atoms with Crippen molar-refractivity contribution in [3.63, 3.8) is 0 Å². The monoisotopic (exact) mass is 229 g/mol. The lowest BCUT2D eigenvalue weighted by Crippen LogP contribution is -2.15. The number of benzene rings is 1. The molecule has 17 heavy (non-hydrogen) atoms. The first kappa shape index (κ1) is 11.6. The zero-order valence-corrected chi connectivity index (χ0v) is 10.0. The molecule has 0 radical (unpaired) electrons. The van der Waals surface area contributed by atoms with Crippen molar-refractivity contribution in [2.75, 3.05) is 0 Å². The Morgan fingerprint density at radius 2 is 1.88 bits per heavy atom. The molecule has 3 nitrogen and oxygen atoms in total. The Balaban J connectivity index is 2.48. The summed E-state index contributed by atoms with van der Waals surface area (Å²) in [4.78, 5) is 11.0. The molecule has 3 heteroatoms. The van der Waals surface area contributed by atoms with Gasteiger partial charge in [-0.05, 0) is 31.4 Å². The number of nitro groups is 1. The highest BCUT2D eigenvalue weighted by Gasteiger charge is 2.31. The van der Waals surface area contributed by atoms with Crippen molar-refractivity contribution in [2.45, 2.75) is 26.2 Å². The Morgan fingerprint density at radius 1 is 1.24 bits per heavy atom. The van der Waals surface area contributed by atoms with Crippen LogP contribution in [0.4, 0.5) is 0 Å². The van der Waals surface area contributed by atoms with Crippen LogP contribution in [0, 0.1) is 10.1 Å². The molecule has 1 unspecified atom stereocenters. The fourth-order valence-electron chi connectivity index (χ4n) is 2.27. The van der Waals surface area contributed by atoms with Crippen LogP contribution in [-0.4, -0.2) is 4.92 Å². The minimum absolute atomic E-state index is 0.116. The van der Waals surface area contributed by atoms with Gasteiger partial charge in [-0.2, -0.15) is 0 Å². The lowest BCUT2D eigenvalue weighted by Gasteiger charge is -2.20. The zero-order valence-electron chi connectivity index (χ0n) is 10.0. The van der Waals surface area contributed by atoms with Crippen molar-refractivity contribution in [3.8, 4) is 0 Å². The third kappa shape index (κ3) is 2.13. The predicted octanol–water partition coefficient (Wildman–Crippen LogP) is 3.67. The van der Waals surface area contributed by atoms with Crippen LogP contribution in [0.15, 0.2) is 53.3 Å². The molecule has 0 spiro atoms. The van der Waals surface area contributed by atoms with Gasteiger partial charge in [0, 0.05) is 5.57 Å². The van der Waals surface area contributed by atoms with Gasteiger partial charge in [-0.25, -0.2) is 0 Å². The molecule has 0 aromatic heterocycles. The third-order valence-corrected chi connectivity index (χ3v) is 3.36. The van der Waals surface area contributed by atoms with Crippen molar-refractivity contribution < 1.29 is 4.92 Å². The SMILES string of the molecule is CC1=CCC(c2ccccc2)C([N+](=O)[O-])=C1C. The van der Waals surface area contributed by atoms with E-state index in [1.54, 1.807) is 0 Å². The minimum Gasteiger partial charge on any atom is -0.259 e. The van der Waals surface area contributed by atoms with E-state index in [9.17, 15) is 10.1 Å². The minimum atomic E-state index is -0.233. The molecule has 1 atom stereocenters. The summed E-state index contributed by atoms with van der Waals surface area (Å²) in [5, 5.41) is 11.2. The first-order valence-electron chi connectivity index (χ1n) is 5.68. The van der Waals surface area contributed by atoms with Gasteiger partial charge >= 0.3 is 0 Å². The third-order valence-electron chi connectivity index (χ3n) is 3.36. The summed E-state index contributed by atoms with van der Waals surface area (Å²) in [5.41, 5.74) is 3.18. The maximum Gasteiger partial charge on any atom is 0.257 e. The zero-order chi connectivity index (χ0) is 12.4. The molecule has 0 N–H and O–H groups in total. The van der Waals surface area contributed by atoms with Gasteiger partial charge in [0.2, 0.25) is 0 Å². The number of nitrogens with zero attached hydrogens (tertiary/aromatic N) is 1. The summed E-state index contributed by atoms with van der Waals surface area (Å²) in [6, 6.07) is 9.68. The van der Waals surface area contributed by atoms with Gasteiger partial charge in [-0.3, -0.25) is 10.1 Å². The lowest BCUT2D eigenvalue weighted by molar-refractivity contribution is -0.431. The van der Waals surface area contributed by atoms with Crippen molar-refractivity contribution in [1.82, 2.24) is 0 Å². The fourth-order valence-corrected chi connectivity index (χ4v) is 2.27. The molecule has 0 saturated heterocycles. The van der Waals surface area contributed by atoms with Gasteiger partial charge in [0.25, 0.3) is 5.70 Å². The summed E-state index contributed by atoms with van der Waals surface area (Å²) in [6.07, 6.45) is 2.80. The van der Waals surface area contributed by atoms with Crippen LogP contribution in [0.25, 0.3) is 0 Å². The molecule has 2 rings (SSSR count). The van der Waals surface area contributed by atoms with E-state index >= 15 is 0 Å². The molecule has 0 amide bonds. The lowest BCUT2D eigenvalue weighted by atomic mass is 9.84. The van der Waals surface area contributed by atoms with Crippen molar-refractivity contribution in [3.05, 3.63) is 68.9 Å². The van der Waals surface area contributed by atoms with E-state index in [0.29, 0.717) is 12.1 Å². The Morgan fingerprint density at radius 3 is 2.47 bits per heavy atom. The Hall–Kier alpha value is -1.90. The molecule has 1 aliphatic rings. The standard InChI is InChI=1S/C14H15NO2/c1-10-8-9-13(12-6-4-3-5-7-12)14(11(10)2)15(16)17/h3-8,13H,9H2,1-2H3. The van der Waals surface area contributed by atoms with Crippen molar-refractivity contribution in [2.24, 2.45) is 0 Å². The molecule has 0 aliphatic heterocycles. The van der Waals surface area contributed by atoms with Crippen LogP contribution in [-0.2, 0) is 0 Å². The topological polar surface area (TPSA) is 43.1 Å². The Labute approximate surface area is 101 Å². The molecule has 1 aliphatic carbocycles. The highest BCUT2D eigenvalue weighted by Crippen LogP contribution is 2.36. The average Bonchev–Trinajstić information content (AvgIpc) is 2.33. The first-order chi connectivity index (χ1) is 8.11. The number of rotatable bonds is 2. The molecule has 1 aromatic rings. The average molecular weight is 229 g/mol. The van der Waals surface area contributed by atoms with Crippen LogP contribution < -0.4 is 0 Å². The second kappa shape index (κ2) is 4.53. The van der Waals surface area contributed by atoms with E-state index in [-0.39, 0.29) is 10.8 Å². The molecule has 0 fully saturated rings. The van der Waals surface area contributed by atoms with Gasteiger partial charge in [0.1, 0.15) is 0 Å². The molecular weight excluding hydrogens is 214 g/mol. The van der Waals surface area contributed by atoms with Gasteiger partial charge in [0.15, 0.2) is 0 Å². The molecule has 1 aromatic carbocycles. The van der Waals surface area contributed by atoms with Crippen LogP contribution in [0.5, 0.6) is 0 Å². The normalized spacial score (nSPS) is 20.1. The Kier molecular flexibility index (Phi) is 3.09. The van der Waals surface area contributed by atoms with E-state index in [0.717, 1.165) is 16.7 Å². The summed E-state index contributed by atoms with van der Waals surface area (Å²) in [5.74, 6) is -0.116. The first-order valence-corrected chi connectivity index (χ1v) is 5.68. The second-order valence-corrected chi connectivity index (χ2v) is 4.35. The van der Waals surface area contributed by atoms with E-state index in [1.807, 2.05) is 44.2 Å². The number of allylic oxidation sites excluding steroid dienone is 4. The van der Waals surface area contributed by atoms with E-state index in [4.69, 9.17) is 0 Å². The maximum atomic E-state index is 11.2. The summed E-state index contributed by atoms with van der Waals surface area (Å²) >= 11 is 0. The van der Waals surface area contributed by atoms with Crippen LogP contribution in [0.2, 0.25) is 0 Å². The Bertz CT molecular complexity index is 500.